The zero-order valence-electron chi connectivity index (χ0n) is 10.5. The van der Waals surface area contributed by atoms with Crippen LogP contribution >= 0.6 is 12.6 Å². The summed E-state index contributed by atoms with van der Waals surface area (Å²) in [6.07, 6.45) is 1.45. The molecule has 0 spiro atoms. The van der Waals surface area contributed by atoms with Crippen molar-refractivity contribution in [3.05, 3.63) is 35.4 Å². The molecule has 0 saturated carbocycles. The molecule has 1 aromatic carbocycles. The van der Waals surface area contributed by atoms with Gasteiger partial charge in [-0.05, 0) is 17.7 Å². The summed E-state index contributed by atoms with van der Waals surface area (Å²) in [6, 6.07) is 6.45. The number of likely N-dealkylation sites (N-methyl/N-ethyl adjacent to an activating group) is 2. The first kappa shape index (κ1) is 13.4. The van der Waals surface area contributed by atoms with E-state index in [1.807, 2.05) is 0 Å². The van der Waals surface area contributed by atoms with Crippen LogP contribution in [0.15, 0.2) is 34.7 Å². The lowest BCUT2D eigenvalue weighted by Gasteiger charge is -2.28. The number of hydrogen-bond donors (Lipinski definition) is 1. The van der Waals surface area contributed by atoms with Crippen molar-refractivity contribution in [1.29, 1.82) is 0 Å². The van der Waals surface area contributed by atoms with Gasteiger partial charge in [0.1, 0.15) is 5.57 Å². The third kappa shape index (κ3) is 2.26. The standard InChI is InChI=1S/C13H12N2O3S/c1-14-11(16)9(12(17)15(2)13(14)18)7-8-5-3-4-6-10(8)19/h3-7,19H,1-2H3. The third-order valence-electron chi connectivity index (χ3n) is 2.88. The number of barbiturate groups is 1. The maximum Gasteiger partial charge on any atom is 0.333 e. The van der Waals surface area contributed by atoms with E-state index < -0.39 is 17.8 Å². The second-order valence-corrected chi connectivity index (χ2v) is 4.61. The van der Waals surface area contributed by atoms with Crippen LogP contribution in [0.1, 0.15) is 5.56 Å². The minimum atomic E-state index is -0.633. The molecule has 1 aromatic rings. The minimum absolute atomic E-state index is 0.0499. The van der Waals surface area contributed by atoms with E-state index in [0.29, 0.717) is 10.5 Å². The molecule has 1 aliphatic rings. The Kier molecular flexibility index (Phi) is 3.44. The van der Waals surface area contributed by atoms with Crippen LogP contribution in [0.4, 0.5) is 4.79 Å². The molecular weight excluding hydrogens is 264 g/mol. The highest BCUT2D eigenvalue weighted by Crippen LogP contribution is 2.21. The van der Waals surface area contributed by atoms with Gasteiger partial charge in [0.05, 0.1) is 0 Å². The third-order valence-corrected chi connectivity index (χ3v) is 3.29. The first-order valence-electron chi connectivity index (χ1n) is 5.53. The zero-order chi connectivity index (χ0) is 14.2. The van der Waals surface area contributed by atoms with Gasteiger partial charge in [0.25, 0.3) is 11.8 Å². The van der Waals surface area contributed by atoms with Crippen LogP contribution in [-0.2, 0) is 9.59 Å². The average Bonchev–Trinajstić information content (AvgIpc) is 2.41. The fourth-order valence-electron chi connectivity index (χ4n) is 1.74. The number of urea groups is 1. The number of hydrogen-bond acceptors (Lipinski definition) is 4. The van der Waals surface area contributed by atoms with Crippen LogP contribution in [0.5, 0.6) is 0 Å². The molecule has 2 rings (SSSR count). The second-order valence-electron chi connectivity index (χ2n) is 4.13. The number of nitrogens with zero attached hydrogens (tertiary/aromatic N) is 2. The molecule has 0 aliphatic carbocycles. The molecular formula is C13H12N2O3S. The maximum atomic E-state index is 12.0. The molecule has 0 unspecified atom stereocenters. The highest BCUT2D eigenvalue weighted by atomic mass is 32.1. The maximum absolute atomic E-state index is 12.0. The van der Waals surface area contributed by atoms with Gasteiger partial charge in [-0.1, -0.05) is 18.2 Å². The number of imide groups is 2. The van der Waals surface area contributed by atoms with Crippen LogP contribution in [0.2, 0.25) is 0 Å². The van der Waals surface area contributed by atoms with Gasteiger partial charge in [-0.2, -0.15) is 0 Å². The highest BCUT2D eigenvalue weighted by molar-refractivity contribution is 7.80. The number of rotatable bonds is 1. The van der Waals surface area contributed by atoms with Crippen molar-refractivity contribution < 1.29 is 14.4 Å². The van der Waals surface area contributed by atoms with Crippen molar-refractivity contribution in [2.45, 2.75) is 4.90 Å². The monoisotopic (exact) mass is 276 g/mol. The zero-order valence-corrected chi connectivity index (χ0v) is 11.3. The first-order valence-corrected chi connectivity index (χ1v) is 5.98. The molecule has 6 heteroatoms. The summed E-state index contributed by atoms with van der Waals surface area (Å²) in [6.45, 7) is 0. The van der Waals surface area contributed by atoms with E-state index in [1.54, 1.807) is 24.3 Å². The molecule has 0 radical (unpaired) electrons. The Bertz CT molecular complexity index is 584. The molecule has 4 amide bonds. The predicted molar refractivity (Wildman–Crippen MR) is 72.6 cm³/mol. The molecule has 0 atom stereocenters. The van der Waals surface area contributed by atoms with Gasteiger partial charge in [0.2, 0.25) is 0 Å². The normalized spacial score (nSPS) is 16.2. The second kappa shape index (κ2) is 4.89. The number of carbonyl (C=O) groups is 3. The van der Waals surface area contributed by atoms with E-state index in [-0.39, 0.29) is 5.57 Å². The van der Waals surface area contributed by atoms with E-state index >= 15 is 0 Å². The number of amides is 4. The van der Waals surface area contributed by atoms with Gasteiger partial charge >= 0.3 is 6.03 Å². The van der Waals surface area contributed by atoms with Gasteiger partial charge in [-0.15, -0.1) is 12.6 Å². The van der Waals surface area contributed by atoms with Crippen molar-refractivity contribution >= 4 is 36.6 Å². The molecule has 1 saturated heterocycles. The van der Waals surface area contributed by atoms with Gasteiger partial charge in [-0.3, -0.25) is 19.4 Å². The lowest BCUT2D eigenvalue weighted by atomic mass is 10.1. The predicted octanol–water partition coefficient (Wildman–Crippen LogP) is 1.41. The summed E-state index contributed by atoms with van der Waals surface area (Å²) in [4.78, 5) is 38.0. The summed E-state index contributed by atoms with van der Waals surface area (Å²) in [5, 5.41) is 0. The molecule has 1 heterocycles. The van der Waals surface area contributed by atoms with Gasteiger partial charge in [0, 0.05) is 19.0 Å². The Morgan fingerprint density at radius 1 is 1.00 bits per heavy atom. The number of carbonyl (C=O) groups excluding carboxylic acids is 3. The summed E-state index contributed by atoms with van der Waals surface area (Å²) in [5.41, 5.74) is 0.602. The Morgan fingerprint density at radius 2 is 1.53 bits per heavy atom. The van der Waals surface area contributed by atoms with Crippen molar-refractivity contribution in [2.75, 3.05) is 14.1 Å². The van der Waals surface area contributed by atoms with E-state index in [0.717, 1.165) is 9.80 Å². The summed E-state index contributed by atoms with van der Waals surface area (Å²) < 4.78 is 0. The SMILES string of the molecule is CN1C(=O)C(=Cc2ccccc2S)C(=O)N(C)C1=O. The average molecular weight is 276 g/mol. The number of thiol groups is 1. The Hall–Kier alpha value is -2.08. The Morgan fingerprint density at radius 3 is 2.05 bits per heavy atom. The highest BCUT2D eigenvalue weighted by Gasteiger charge is 2.37. The van der Waals surface area contributed by atoms with Crippen LogP contribution < -0.4 is 0 Å². The smallest absolute Gasteiger partial charge is 0.268 e. The minimum Gasteiger partial charge on any atom is -0.268 e. The van der Waals surface area contributed by atoms with Gasteiger partial charge in [0.15, 0.2) is 0 Å². The fraction of sp³-hybridized carbons (Fsp3) is 0.154. The van der Waals surface area contributed by atoms with Crippen molar-refractivity contribution in [3.63, 3.8) is 0 Å². The van der Waals surface area contributed by atoms with E-state index in [2.05, 4.69) is 12.6 Å². The van der Waals surface area contributed by atoms with Crippen molar-refractivity contribution in [3.8, 4) is 0 Å². The largest absolute Gasteiger partial charge is 0.333 e. The molecule has 1 fully saturated rings. The topological polar surface area (TPSA) is 57.7 Å². The Balaban J connectivity index is 2.49. The van der Waals surface area contributed by atoms with E-state index in [4.69, 9.17) is 0 Å². The molecule has 0 bridgehead atoms. The molecule has 0 aromatic heterocycles. The van der Waals surface area contributed by atoms with E-state index in [1.165, 1.54) is 20.2 Å². The first-order chi connectivity index (χ1) is 8.93. The summed E-state index contributed by atoms with van der Waals surface area (Å²) in [5.74, 6) is -1.21. The molecule has 5 nitrogen and oxygen atoms in total. The number of benzene rings is 1. The van der Waals surface area contributed by atoms with E-state index in [9.17, 15) is 14.4 Å². The van der Waals surface area contributed by atoms with Crippen LogP contribution in [-0.4, -0.2) is 41.7 Å². The lowest BCUT2D eigenvalue weighted by Crippen LogP contribution is -2.52. The summed E-state index contributed by atoms with van der Waals surface area (Å²) >= 11 is 4.26. The van der Waals surface area contributed by atoms with Gasteiger partial charge in [-0.25, -0.2) is 4.79 Å². The van der Waals surface area contributed by atoms with Gasteiger partial charge < -0.3 is 0 Å². The van der Waals surface area contributed by atoms with Crippen LogP contribution in [0.3, 0.4) is 0 Å². The quantitative estimate of drug-likeness (QED) is 0.479. The van der Waals surface area contributed by atoms with Crippen LogP contribution in [0, 0.1) is 0 Å². The fourth-order valence-corrected chi connectivity index (χ4v) is 1.97. The lowest BCUT2D eigenvalue weighted by molar-refractivity contribution is -0.134. The molecule has 98 valence electrons. The van der Waals surface area contributed by atoms with Crippen molar-refractivity contribution in [1.82, 2.24) is 9.80 Å². The Labute approximate surface area is 115 Å². The molecule has 19 heavy (non-hydrogen) atoms. The molecule has 0 N–H and O–H groups in total. The molecule has 1 aliphatic heterocycles. The summed E-state index contributed by atoms with van der Waals surface area (Å²) in [7, 11) is 2.68. The van der Waals surface area contributed by atoms with Crippen molar-refractivity contribution in [2.24, 2.45) is 0 Å². The van der Waals surface area contributed by atoms with Crippen LogP contribution in [0.25, 0.3) is 6.08 Å².